The third-order valence-corrected chi connectivity index (χ3v) is 1.24. The summed E-state index contributed by atoms with van der Waals surface area (Å²) in [5.74, 6) is -0.507. The van der Waals surface area contributed by atoms with Gasteiger partial charge in [-0.05, 0) is 4.92 Å². The van der Waals surface area contributed by atoms with Crippen molar-refractivity contribution in [3.8, 4) is 0 Å². The molecule has 0 aliphatic carbocycles. The van der Waals surface area contributed by atoms with Crippen LogP contribution < -0.4 is 0 Å². The van der Waals surface area contributed by atoms with Crippen molar-refractivity contribution in [2.24, 2.45) is 7.05 Å². The van der Waals surface area contributed by atoms with Crippen LogP contribution in [0.5, 0.6) is 0 Å². The SMILES string of the molecule is [2H]C([2H])(O)c1cnc([N+](=O)[O-])n1C. The lowest BCUT2D eigenvalue weighted by molar-refractivity contribution is -0.396. The molecule has 0 unspecified atom stereocenters. The fourth-order valence-corrected chi connectivity index (χ4v) is 0.673. The summed E-state index contributed by atoms with van der Waals surface area (Å²) in [6, 6.07) is 0. The molecule has 1 rings (SSSR count). The number of nitrogens with zero attached hydrogens (tertiary/aromatic N) is 3. The molecule has 0 saturated heterocycles. The van der Waals surface area contributed by atoms with Crippen molar-refractivity contribution in [1.29, 1.82) is 0 Å². The van der Waals surface area contributed by atoms with Crippen LogP contribution in [-0.2, 0) is 13.6 Å². The zero-order chi connectivity index (χ0) is 10.2. The molecule has 0 aromatic carbocycles. The summed E-state index contributed by atoms with van der Waals surface area (Å²) in [6.45, 7) is -2.62. The van der Waals surface area contributed by atoms with Crippen LogP contribution in [0.15, 0.2) is 6.20 Å². The van der Waals surface area contributed by atoms with Crippen molar-refractivity contribution in [2.45, 2.75) is 6.56 Å². The Balaban J connectivity index is 3.22. The Morgan fingerprint density at radius 2 is 2.73 bits per heavy atom. The number of hydrogen-bond donors (Lipinski definition) is 1. The van der Waals surface area contributed by atoms with Gasteiger partial charge in [-0.1, -0.05) is 4.98 Å². The van der Waals surface area contributed by atoms with Gasteiger partial charge in [0.15, 0.2) is 0 Å². The maximum absolute atomic E-state index is 10.3. The van der Waals surface area contributed by atoms with E-state index in [0.717, 1.165) is 10.8 Å². The molecule has 0 spiro atoms. The number of nitro groups is 1. The van der Waals surface area contributed by atoms with Gasteiger partial charge < -0.3 is 15.2 Å². The molecule has 0 bridgehead atoms. The average molecular weight is 159 g/mol. The Morgan fingerprint density at radius 3 is 3.00 bits per heavy atom. The molecule has 60 valence electrons. The Kier molecular flexibility index (Phi) is 1.27. The van der Waals surface area contributed by atoms with Gasteiger partial charge in [0.25, 0.3) is 0 Å². The summed E-state index contributed by atoms with van der Waals surface area (Å²) >= 11 is 0. The lowest BCUT2D eigenvalue weighted by atomic mass is 10.5. The quantitative estimate of drug-likeness (QED) is 0.479. The van der Waals surface area contributed by atoms with Gasteiger partial charge in [-0.15, -0.1) is 0 Å². The first kappa shape index (κ1) is 5.25. The number of imidazole rings is 1. The highest BCUT2D eigenvalue weighted by Gasteiger charge is 2.15. The molecule has 1 N–H and O–H groups in total. The molecule has 0 amide bonds. The average Bonchev–Trinajstić information content (AvgIpc) is 2.28. The Bertz CT molecular complexity index is 343. The van der Waals surface area contributed by atoms with Crippen LogP contribution in [0.1, 0.15) is 8.44 Å². The Labute approximate surface area is 65.1 Å². The van der Waals surface area contributed by atoms with Gasteiger partial charge in [-0.3, -0.25) is 0 Å². The molecule has 0 radical (unpaired) electrons. The van der Waals surface area contributed by atoms with E-state index < -0.39 is 17.4 Å². The molecule has 1 heterocycles. The predicted molar refractivity (Wildman–Crippen MR) is 35.8 cm³/mol. The maximum atomic E-state index is 10.3. The summed E-state index contributed by atoms with van der Waals surface area (Å²) < 4.78 is 14.7. The first-order valence-electron chi connectivity index (χ1n) is 3.73. The Morgan fingerprint density at radius 1 is 2.09 bits per heavy atom. The van der Waals surface area contributed by atoms with Crippen molar-refractivity contribution in [1.82, 2.24) is 9.55 Å². The van der Waals surface area contributed by atoms with Gasteiger partial charge in [-0.2, -0.15) is 0 Å². The van der Waals surface area contributed by atoms with E-state index in [1.807, 2.05) is 0 Å². The first-order valence-corrected chi connectivity index (χ1v) is 2.73. The largest absolute Gasteiger partial charge is 0.434 e. The minimum absolute atomic E-state index is 0.251. The normalized spacial score (nSPS) is 14.0. The van der Waals surface area contributed by atoms with Crippen molar-refractivity contribution < 1.29 is 12.8 Å². The molecule has 0 aliphatic rings. The first-order chi connectivity index (χ1) is 5.84. The van der Waals surface area contributed by atoms with E-state index >= 15 is 0 Å². The summed E-state index contributed by atoms with van der Waals surface area (Å²) in [6.07, 6.45) is 0.929. The van der Waals surface area contributed by atoms with Gasteiger partial charge in [-0.25, -0.2) is 4.57 Å². The number of hydrogen-bond acceptors (Lipinski definition) is 4. The molecular formula is C5H7N3O3. The molecule has 6 nitrogen and oxygen atoms in total. The van der Waals surface area contributed by atoms with Crippen LogP contribution in [0, 0.1) is 10.1 Å². The topological polar surface area (TPSA) is 81.2 Å². The third kappa shape index (κ3) is 1.20. The minimum Gasteiger partial charge on any atom is -0.390 e. The van der Waals surface area contributed by atoms with Crippen LogP contribution in [0.3, 0.4) is 0 Å². The molecule has 6 heteroatoms. The van der Waals surface area contributed by atoms with Crippen molar-refractivity contribution in [2.75, 3.05) is 0 Å². The van der Waals surface area contributed by atoms with Crippen LogP contribution in [0.25, 0.3) is 0 Å². The smallest absolute Gasteiger partial charge is 0.390 e. The third-order valence-electron chi connectivity index (χ3n) is 1.24. The standard InChI is InChI=1S/C5H7N3O3/c1-7-4(3-9)2-6-5(7)8(10)11/h2,9H,3H2,1H3/i3D2. The fourth-order valence-electron chi connectivity index (χ4n) is 0.673. The van der Waals surface area contributed by atoms with Gasteiger partial charge in [0.2, 0.25) is 0 Å². The summed E-state index contributed by atoms with van der Waals surface area (Å²) in [7, 11) is 1.26. The number of aromatic nitrogens is 2. The molecular weight excluding hydrogens is 150 g/mol. The van der Waals surface area contributed by atoms with Gasteiger partial charge in [0.05, 0.1) is 9.79 Å². The molecule has 0 saturated carbocycles. The second kappa shape index (κ2) is 2.67. The molecule has 1 aromatic rings. The second-order valence-electron chi connectivity index (χ2n) is 1.87. The van der Waals surface area contributed by atoms with E-state index in [9.17, 15) is 10.1 Å². The van der Waals surface area contributed by atoms with Crippen molar-refractivity contribution in [3.63, 3.8) is 0 Å². The fraction of sp³-hybridized carbons (Fsp3) is 0.400. The predicted octanol–water partition coefficient (Wildman–Crippen LogP) is -0.179. The summed E-state index contributed by atoms with van der Waals surface area (Å²) in [4.78, 5) is 12.9. The number of rotatable bonds is 2. The van der Waals surface area contributed by atoms with Crippen LogP contribution in [-0.4, -0.2) is 19.6 Å². The highest BCUT2D eigenvalue weighted by atomic mass is 16.6. The van der Waals surface area contributed by atoms with Crippen LogP contribution >= 0.6 is 0 Å². The molecule has 1 aromatic heterocycles. The van der Waals surface area contributed by atoms with E-state index in [1.54, 1.807) is 0 Å². The highest BCUT2D eigenvalue weighted by molar-refractivity contribution is 5.13. The summed E-state index contributed by atoms with van der Waals surface area (Å²) in [5, 5.41) is 19.2. The highest BCUT2D eigenvalue weighted by Crippen LogP contribution is 2.09. The maximum Gasteiger partial charge on any atom is 0.434 e. The van der Waals surface area contributed by atoms with E-state index in [2.05, 4.69) is 4.98 Å². The lowest BCUT2D eigenvalue weighted by Gasteiger charge is -1.94. The Hall–Kier alpha value is -1.43. The van der Waals surface area contributed by atoms with Crippen molar-refractivity contribution in [3.05, 3.63) is 22.0 Å². The number of aliphatic hydroxyl groups is 1. The lowest BCUT2D eigenvalue weighted by Crippen LogP contribution is -2.01. The van der Waals surface area contributed by atoms with E-state index in [-0.39, 0.29) is 5.69 Å². The van der Waals surface area contributed by atoms with Gasteiger partial charge in [0, 0.05) is 0 Å². The second-order valence-corrected chi connectivity index (χ2v) is 1.87. The van der Waals surface area contributed by atoms with Crippen LogP contribution in [0.4, 0.5) is 5.95 Å². The van der Waals surface area contributed by atoms with Crippen LogP contribution in [0.2, 0.25) is 0 Å². The minimum atomic E-state index is -2.62. The zero-order valence-corrected chi connectivity index (χ0v) is 5.68. The molecule has 0 fully saturated rings. The monoisotopic (exact) mass is 159 g/mol. The molecule has 0 atom stereocenters. The summed E-state index contributed by atoms with van der Waals surface area (Å²) in [5.41, 5.74) is -0.251. The van der Waals surface area contributed by atoms with Gasteiger partial charge in [0.1, 0.15) is 18.4 Å². The molecule has 11 heavy (non-hydrogen) atoms. The molecule has 0 aliphatic heterocycles. The van der Waals surface area contributed by atoms with E-state index in [0.29, 0.717) is 0 Å². The van der Waals surface area contributed by atoms with E-state index in [4.69, 9.17) is 7.85 Å². The van der Waals surface area contributed by atoms with E-state index in [1.165, 1.54) is 7.05 Å². The zero-order valence-electron chi connectivity index (χ0n) is 7.68. The van der Waals surface area contributed by atoms with Crippen molar-refractivity contribution >= 4 is 5.95 Å². The van der Waals surface area contributed by atoms with Gasteiger partial charge >= 0.3 is 5.95 Å².